The number of rotatable bonds is 21. The number of benzene rings is 1. The maximum Gasteiger partial charge on any atom is 0.500 e. The number of hydrogen-bond donors (Lipinski definition) is 1. The summed E-state index contributed by atoms with van der Waals surface area (Å²) < 4.78 is 42.7. The Labute approximate surface area is 244 Å². The molecule has 0 saturated carbocycles. The van der Waals surface area contributed by atoms with Crippen LogP contribution in [0, 0.1) is 0 Å². The molecule has 1 atom stereocenters. The molecule has 1 aliphatic heterocycles. The summed E-state index contributed by atoms with van der Waals surface area (Å²) in [5, 5.41) is 0. The number of nitrogens with zero attached hydrogens (tertiary/aromatic N) is 1. The van der Waals surface area contributed by atoms with E-state index in [0.29, 0.717) is 25.9 Å². The molecule has 1 unspecified atom stereocenters. The van der Waals surface area contributed by atoms with Gasteiger partial charge in [-0.25, -0.2) is 0 Å². The minimum atomic E-state index is -2.47. The zero-order valence-corrected chi connectivity index (χ0v) is 27.4. The number of ether oxygens (including phenoxy) is 2. The van der Waals surface area contributed by atoms with E-state index in [2.05, 4.69) is 29.2 Å². The van der Waals surface area contributed by atoms with Crippen LogP contribution in [0.25, 0.3) is 6.08 Å². The van der Waals surface area contributed by atoms with Crippen LogP contribution in [-0.4, -0.2) is 117 Å². The van der Waals surface area contributed by atoms with Crippen LogP contribution in [0.15, 0.2) is 36.4 Å². The number of hydrogen-bond acceptors (Lipinski definition) is 10. The van der Waals surface area contributed by atoms with E-state index in [1.165, 1.54) is 5.56 Å². The lowest BCUT2D eigenvalue weighted by Gasteiger charge is -2.26. The fraction of sp³-hybridized carbons (Fsp3) is 0.692. The second-order valence-corrected chi connectivity index (χ2v) is 14.9. The summed E-state index contributed by atoms with van der Waals surface area (Å²) in [5.41, 5.74) is 6.93. The van der Waals surface area contributed by atoms with E-state index >= 15 is 0 Å². The van der Waals surface area contributed by atoms with Crippen LogP contribution in [0.2, 0.25) is 12.1 Å². The van der Waals surface area contributed by atoms with E-state index in [0.717, 1.165) is 51.2 Å². The Morgan fingerprint density at radius 1 is 0.872 bits per heavy atom. The maximum absolute atomic E-state index is 5.72. The van der Waals surface area contributed by atoms with Gasteiger partial charge in [0.15, 0.2) is 0 Å². The molecule has 1 heterocycles. The van der Waals surface area contributed by atoms with Crippen molar-refractivity contribution in [3.63, 3.8) is 0 Å². The molecule has 1 aromatic carbocycles. The molecule has 0 spiro atoms. The first kappa shape index (κ1) is 38.3. The van der Waals surface area contributed by atoms with Gasteiger partial charge in [0.2, 0.25) is 0 Å². The molecule has 2 rings (SSSR count). The van der Waals surface area contributed by atoms with Crippen LogP contribution in [0.4, 0.5) is 0 Å². The van der Waals surface area contributed by atoms with Crippen molar-refractivity contribution in [3.05, 3.63) is 42.0 Å². The minimum Gasteiger partial charge on any atom is -0.379 e. The smallest absolute Gasteiger partial charge is 0.379 e. The van der Waals surface area contributed by atoms with Gasteiger partial charge in [0.1, 0.15) is 6.10 Å². The Morgan fingerprint density at radius 2 is 1.41 bits per heavy atom. The summed E-state index contributed by atoms with van der Waals surface area (Å²) in [6.45, 7) is 5.59. The lowest BCUT2D eigenvalue weighted by Crippen LogP contribution is -2.43. The quantitative estimate of drug-likeness (QED) is 0.127. The van der Waals surface area contributed by atoms with Gasteiger partial charge in [-0.05, 0) is 24.9 Å². The Morgan fingerprint density at radius 3 is 1.90 bits per heavy atom. The summed E-state index contributed by atoms with van der Waals surface area (Å²) in [4.78, 5) is 2.33. The van der Waals surface area contributed by atoms with Gasteiger partial charge in [0.05, 0.1) is 13.2 Å². The molecule has 1 saturated heterocycles. The Bertz CT molecular complexity index is 711. The third-order valence-corrected chi connectivity index (χ3v) is 11.9. The van der Waals surface area contributed by atoms with Crippen LogP contribution in [-0.2, 0) is 36.0 Å². The van der Waals surface area contributed by atoms with Crippen molar-refractivity contribution in [3.8, 4) is 0 Å². The average molecular weight is 611 g/mol. The first-order chi connectivity index (χ1) is 18.5. The molecular weight excluding hydrogens is 560 g/mol. The van der Waals surface area contributed by atoms with Crippen LogP contribution in [0.1, 0.15) is 18.4 Å². The summed E-state index contributed by atoms with van der Waals surface area (Å²) in [6, 6.07) is 11.9. The minimum absolute atomic E-state index is 0. The normalized spacial score (nSPS) is 15.2. The van der Waals surface area contributed by atoms with Crippen molar-refractivity contribution < 1.29 is 36.0 Å². The van der Waals surface area contributed by atoms with E-state index in [4.69, 9.17) is 41.8 Å². The Hall–Kier alpha value is -0.716. The predicted molar refractivity (Wildman–Crippen MR) is 161 cm³/mol. The highest BCUT2D eigenvalue weighted by molar-refractivity contribution is 6.60. The molecule has 2 N–H and O–H groups in total. The molecule has 1 aromatic rings. The molecule has 39 heavy (non-hydrogen) atoms. The zero-order valence-electron chi connectivity index (χ0n) is 24.6. The topological polar surface area (TPSA) is 106 Å². The SMILES string of the molecule is CO[Si](CCCN(C/C=C/c1ccccc1)CCN)(OC)OC.CO[Si](CCCOCC1CO1)(OC)OC.Cl. The van der Waals surface area contributed by atoms with Crippen LogP contribution < -0.4 is 5.73 Å². The summed E-state index contributed by atoms with van der Waals surface area (Å²) in [6.07, 6.45) is 6.50. The van der Waals surface area contributed by atoms with Gasteiger partial charge < -0.3 is 41.8 Å². The molecule has 13 heteroatoms. The fourth-order valence-electron chi connectivity index (χ4n) is 3.78. The Balaban J connectivity index is 0.000000784. The van der Waals surface area contributed by atoms with Crippen LogP contribution in [0.3, 0.4) is 0 Å². The number of epoxide rings is 1. The second-order valence-electron chi connectivity index (χ2n) is 8.73. The molecule has 228 valence electrons. The first-order valence-corrected chi connectivity index (χ1v) is 17.0. The van der Waals surface area contributed by atoms with Gasteiger partial charge in [-0.2, -0.15) is 0 Å². The third kappa shape index (κ3) is 16.3. The summed E-state index contributed by atoms with van der Waals surface area (Å²) >= 11 is 0. The molecule has 0 amide bonds. The summed E-state index contributed by atoms with van der Waals surface area (Å²) in [5.74, 6) is 0. The Kier molecular flexibility index (Phi) is 22.5. The van der Waals surface area contributed by atoms with Crippen molar-refractivity contribution in [2.45, 2.75) is 31.0 Å². The lowest BCUT2D eigenvalue weighted by atomic mass is 10.2. The maximum atomic E-state index is 5.72. The van der Waals surface area contributed by atoms with Crippen LogP contribution >= 0.6 is 12.4 Å². The van der Waals surface area contributed by atoms with Gasteiger partial charge >= 0.3 is 17.6 Å². The second kappa shape index (κ2) is 22.9. The van der Waals surface area contributed by atoms with Gasteiger partial charge in [0, 0.05) is 81.0 Å². The van der Waals surface area contributed by atoms with E-state index in [1.807, 2.05) is 18.2 Å². The van der Waals surface area contributed by atoms with Gasteiger partial charge in [0.25, 0.3) is 0 Å². The molecular formula is C26H51ClN2O8Si2. The van der Waals surface area contributed by atoms with Gasteiger partial charge in [-0.15, -0.1) is 12.4 Å². The van der Waals surface area contributed by atoms with Gasteiger partial charge in [-0.1, -0.05) is 42.5 Å². The number of nitrogens with two attached hydrogens (primary N) is 1. The van der Waals surface area contributed by atoms with Crippen molar-refractivity contribution in [2.24, 2.45) is 5.73 Å². The van der Waals surface area contributed by atoms with E-state index < -0.39 is 17.6 Å². The van der Waals surface area contributed by atoms with Crippen LogP contribution in [0.5, 0.6) is 0 Å². The van der Waals surface area contributed by atoms with Crippen molar-refractivity contribution >= 4 is 36.1 Å². The standard InChI is InChI=1S/C17H30N2O3Si.C9H20O5Si.ClH/c1-20-23(21-2,22-3)16-8-14-19(15-12-18)13-7-11-17-9-5-4-6-10-17;1-10-15(11-2,12-3)6-4-5-13-7-9-8-14-9;/h4-7,9-11H,8,12-16,18H2,1-3H3;9H,4-8H2,1-3H3;1H/b11-7+;;. The molecule has 1 aliphatic rings. The molecule has 0 bridgehead atoms. The molecule has 0 aliphatic carbocycles. The van der Waals surface area contributed by atoms with E-state index in [-0.39, 0.29) is 12.4 Å². The van der Waals surface area contributed by atoms with E-state index in [9.17, 15) is 0 Å². The molecule has 0 radical (unpaired) electrons. The monoisotopic (exact) mass is 610 g/mol. The lowest BCUT2D eigenvalue weighted by molar-refractivity contribution is 0.100. The predicted octanol–water partition coefficient (Wildman–Crippen LogP) is 3.32. The molecule has 10 nitrogen and oxygen atoms in total. The van der Waals surface area contributed by atoms with Crippen molar-refractivity contribution in [1.82, 2.24) is 4.90 Å². The largest absolute Gasteiger partial charge is 0.500 e. The number of halogens is 1. The molecule has 0 aromatic heterocycles. The highest BCUT2D eigenvalue weighted by atomic mass is 35.5. The first-order valence-electron chi connectivity index (χ1n) is 13.1. The highest BCUT2D eigenvalue weighted by Gasteiger charge is 2.37. The van der Waals surface area contributed by atoms with Gasteiger partial charge in [-0.3, -0.25) is 4.90 Å². The fourth-order valence-corrected chi connectivity index (χ4v) is 7.17. The highest BCUT2D eigenvalue weighted by Crippen LogP contribution is 2.16. The van der Waals surface area contributed by atoms with Crippen molar-refractivity contribution in [2.75, 3.05) is 88.7 Å². The van der Waals surface area contributed by atoms with Crippen molar-refractivity contribution in [1.29, 1.82) is 0 Å². The molecule has 1 fully saturated rings. The zero-order chi connectivity index (χ0) is 28.1. The third-order valence-electron chi connectivity index (χ3n) is 6.22. The summed E-state index contributed by atoms with van der Waals surface area (Å²) in [7, 11) is 4.97. The average Bonchev–Trinajstić information content (AvgIpc) is 3.79. The van der Waals surface area contributed by atoms with E-state index in [1.54, 1.807) is 42.7 Å².